The van der Waals surface area contributed by atoms with E-state index in [1.54, 1.807) is 24.3 Å². The summed E-state index contributed by atoms with van der Waals surface area (Å²) in [6, 6.07) is 14.7. The lowest BCUT2D eigenvalue weighted by molar-refractivity contribution is 0.0679. The summed E-state index contributed by atoms with van der Waals surface area (Å²) in [7, 11) is 0. The molecule has 2 N–H and O–H groups in total. The number of para-hydroxylation sites is 2. The maximum atomic E-state index is 12.3. The molecule has 6 nitrogen and oxygen atoms in total. The number of rotatable bonds is 5. The Morgan fingerprint density at radius 3 is 2.84 bits per heavy atom. The molecule has 1 aromatic heterocycles. The van der Waals surface area contributed by atoms with Gasteiger partial charge in [0.05, 0.1) is 17.1 Å². The molecule has 1 aliphatic rings. The summed E-state index contributed by atoms with van der Waals surface area (Å²) in [4.78, 5) is 19.8. The number of nitrogens with zero attached hydrogens (tertiary/aromatic N) is 1. The quantitative estimate of drug-likeness (QED) is 0.748. The van der Waals surface area contributed by atoms with Gasteiger partial charge in [0, 0.05) is 12.2 Å². The SMILES string of the molecule is O=C(Nc1nc2ccccc2[nH]1)c1ccc(OC[C@@H]2CCCO2)cc1. The number of nitrogens with one attached hydrogen (secondary N) is 2. The van der Waals surface area contributed by atoms with Gasteiger partial charge in [-0.05, 0) is 49.2 Å². The van der Waals surface area contributed by atoms with Gasteiger partial charge in [-0.1, -0.05) is 12.1 Å². The van der Waals surface area contributed by atoms with Crippen LogP contribution in [-0.4, -0.2) is 35.2 Å². The van der Waals surface area contributed by atoms with Crippen molar-refractivity contribution in [2.75, 3.05) is 18.5 Å². The lowest BCUT2D eigenvalue weighted by Gasteiger charge is -2.11. The first kappa shape index (κ1) is 15.7. The highest BCUT2D eigenvalue weighted by Crippen LogP contribution is 2.18. The van der Waals surface area contributed by atoms with Crippen LogP contribution in [0.15, 0.2) is 48.5 Å². The maximum Gasteiger partial charge on any atom is 0.257 e. The van der Waals surface area contributed by atoms with Crippen LogP contribution in [0.3, 0.4) is 0 Å². The Balaban J connectivity index is 1.38. The number of aromatic nitrogens is 2. The highest BCUT2D eigenvalue weighted by molar-refractivity contribution is 6.04. The minimum atomic E-state index is -0.218. The first-order valence-corrected chi connectivity index (χ1v) is 8.38. The van der Waals surface area contributed by atoms with Crippen LogP contribution in [0.2, 0.25) is 0 Å². The molecule has 0 bridgehead atoms. The largest absolute Gasteiger partial charge is 0.491 e. The molecule has 6 heteroatoms. The Labute approximate surface area is 145 Å². The number of amides is 1. The molecule has 1 fully saturated rings. The highest BCUT2D eigenvalue weighted by atomic mass is 16.5. The zero-order valence-corrected chi connectivity index (χ0v) is 13.7. The molecular weight excluding hydrogens is 318 g/mol. The van der Waals surface area contributed by atoms with Crippen molar-refractivity contribution in [3.63, 3.8) is 0 Å². The topological polar surface area (TPSA) is 76.2 Å². The minimum absolute atomic E-state index is 0.177. The summed E-state index contributed by atoms with van der Waals surface area (Å²) in [5.74, 6) is 0.949. The van der Waals surface area contributed by atoms with Gasteiger partial charge in [0.25, 0.3) is 5.91 Å². The van der Waals surface area contributed by atoms with E-state index < -0.39 is 0 Å². The van der Waals surface area contributed by atoms with E-state index in [9.17, 15) is 4.79 Å². The van der Waals surface area contributed by atoms with E-state index >= 15 is 0 Å². The third-order valence-electron chi connectivity index (χ3n) is 4.20. The number of hydrogen-bond acceptors (Lipinski definition) is 4. The van der Waals surface area contributed by atoms with Gasteiger partial charge in [0.1, 0.15) is 12.4 Å². The zero-order valence-electron chi connectivity index (χ0n) is 13.7. The number of carbonyl (C=O) groups excluding carboxylic acids is 1. The Kier molecular flexibility index (Phi) is 4.35. The molecule has 2 heterocycles. The van der Waals surface area contributed by atoms with E-state index in [2.05, 4.69) is 15.3 Å². The monoisotopic (exact) mass is 337 g/mol. The molecule has 3 aromatic rings. The first-order valence-electron chi connectivity index (χ1n) is 8.38. The fraction of sp³-hybridized carbons (Fsp3) is 0.263. The van der Waals surface area contributed by atoms with Gasteiger partial charge in [-0.25, -0.2) is 4.98 Å². The number of imidazole rings is 1. The fourth-order valence-electron chi connectivity index (χ4n) is 2.86. The van der Waals surface area contributed by atoms with Crippen LogP contribution in [0.25, 0.3) is 11.0 Å². The summed E-state index contributed by atoms with van der Waals surface area (Å²) in [5, 5.41) is 2.78. The maximum absolute atomic E-state index is 12.3. The van der Waals surface area contributed by atoms with Crippen LogP contribution < -0.4 is 10.1 Å². The molecule has 4 rings (SSSR count). The molecule has 1 atom stereocenters. The van der Waals surface area contributed by atoms with Crippen LogP contribution in [-0.2, 0) is 4.74 Å². The van der Waals surface area contributed by atoms with Crippen molar-refractivity contribution in [1.29, 1.82) is 0 Å². The van der Waals surface area contributed by atoms with Crippen LogP contribution in [0.1, 0.15) is 23.2 Å². The van der Waals surface area contributed by atoms with Crippen molar-refractivity contribution in [3.8, 4) is 5.75 Å². The summed E-state index contributed by atoms with van der Waals surface area (Å²) in [6.07, 6.45) is 2.31. The van der Waals surface area contributed by atoms with Gasteiger partial charge >= 0.3 is 0 Å². The molecule has 2 aromatic carbocycles. The molecule has 0 aliphatic carbocycles. The van der Waals surface area contributed by atoms with E-state index in [1.165, 1.54) is 0 Å². The number of carbonyl (C=O) groups is 1. The molecule has 0 unspecified atom stereocenters. The van der Waals surface area contributed by atoms with Crippen molar-refractivity contribution in [2.24, 2.45) is 0 Å². The van der Waals surface area contributed by atoms with Crippen LogP contribution >= 0.6 is 0 Å². The molecule has 0 radical (unpaired) electrons. The van der Waals surface area contributed by atoms with Gasteiger partial charge in [0.2, 0.25) is 5.95 Å². The van der Waals surface area contributed by atoms with Crippen molar-refractivity contribution in [1.82, 2.24) is 9.97 Å². The molecule has 1 amide bonds. The fourth-order valence-corrected chi connectivity index (χ4v) is 2.86. The first-order chi connectivity index (χ1) is 12.3. The summed E-state index contributed by atoms with van der Waals surface area (Å²) in [6.45, 7) is 1.36. The Morgan fingerprint density at radius 2 is 2.08 bits per heavy atom. The van der Waals surface area contributed by atoms with Crippen LogP contribution in [0.4, 0.5) is 5.95 Å². The van der Waals surface area contributed by atoms with Gasteiger partial charge in [-0.15, -0.1) is 0 Å². The predicted molar refractivity (Wildman–Crippen MR) is 95.0 cm³/mol. The molecule has 1 aliphatic heterocycles. The highest BCUT2D eigenvalue weighted by Gasteiger charge is 2.16. The van der Waals surface area contributed by atoms with Gasteiger partial charge in [-0.3, -0.25) is 10.1 Å². The van der Waals surface area contributed by atoms with E-state index in [4.69, 9.17) is 9.47 Å². The number of aromatic amines is 1. The Morgan fingerprint density at radius 1 is 1.24 bits per heavy atom. The Hall–Kier alpha value is -2.86. The standard InChI is InChI=1S/C19H19N3O3/c23-18(22-19-20-16-5-1-2-6-17(16)21-19)13-7-9-14(10-8-13)25-12-15-4-3-11-24-15/h1-2,5-10,15H,3-4,11-12H2,(H2,20,21,22,23)/t15-/m0/s1. The smallest absolute Gasteiger partial charge is 0.257 e. The van der Waals surface area contributed by atoms with E-state index in [0.717, 1.165) is 36.2 Å². The molecule has 0 spiro atoms. The van der Waals surface area contributed by atoms with Crippen molar-refractivity contribution < 1.29 is 14.3 Å². The lowest BCUT2D eigenvalue weighted by Crippen LogP contribution is -2.16. The van der Waals surface area contributed by atoms with E-state index in [1.807, 2.05) is 24.3 Å². The van der Waals surface area contributed by atoms with Crippen molar-refractivity contribution in [3.05, 3.63) is 54.1 Å². The van der Waals surface area contributed by atoms with Crippen molar-refractivity contribution >= 4 is 22.9 Å². The van der Waals surface area contributed by atoms with Gasteiger partial charge < -0.3 is 14.5 Å². The molecule has 128 valence electrons. The average molecular weight is 337 g/mol. The summed E-state index contributed by atoms with van der Waals surface area (Å²) < 4.78 is 11.2. The lowest BCUT2D eigenvalue weighted by atomic mass is 10.2. The normalized spacial score (nSPS) is 16.9. The molecular formula is C19H19N3O3. The second-order valence-corrected chi connectivity index (χ2v) is 6.03. The number of H-pyrrole nitrogens is 1. The summed E-state index contributed by atoms with van der Waals surface area (Å²) >= 11 is 0. The second-order valence-electron chi connectivity index (χ2n) is 6.03. The molecule has 0 saturated carbocycles. The molecule has 25 heavy (non-hydrogen) atoms. The van der Waals surface area contributed by atoms with Crippen molar-refractivity contribution in [2.45, 2.75) is 18.9 Å². The van der Waals surface area contributed by atoms with Crippen LogP contribution in [0, 0.1) is 0 Å². The van der Waals surface area contributed by atoms with Crippen LogP contribution in [0.5, 0.6) is 5.75 Å². The average Bonchev–Trinajstić information content (AvgIpc) is 3.29. The van der Waals surface area contributed by atoms with E-state index in [-0.39, 0.29) is 12.0 Å². The second kappa shape index (κ2) is 6.94. The number of ether oxygens (including phenoxy) is 2. The Bertz CT molecular complexity index is 834. The van der Waals surface area contributed by atoms with Gasteiger partial charge in [0.15, 0.2) is 0 Å². The number of anilines is 1. The van der Waals surface area contributed by atoms with E-state index in [0.29, 0.717) is 18.1 Å². The predicted octanol–water partition coefficient (Wildman–Crippen LogP) is 3.37. The summed E-state index contributed by atoms with van der Waals surface area (Å²) in [5.41, 5.74) is 2.25. The molecule has 1 saturated heterocycles. The minimum Gasteiger partial charge on any atom is -0.491 e. The van der Waals surface area contributed by atoms with Gasteiger partial charge in [-0.2, -0.15) is 0 Å². The third kappa shape index (κ3) is 3.64. The third-order valence-corrected chi connectivity index (χ3v) is 4.20. The number of fused-ring (bicyclic) bond motifs is 1. The number of benzene rings is 2. The zero-order chi connectivity index (χ0) is 17.1. The number of hydrogen-bond donors (Lipinski definition) is 2.